The molecule has 7 aromatic rings. The van der Waals surface area contributed by atoms with Gasteiger partial charge in [-0.1, -0.05) is 115 Å². The van der Waals surface area contributed by atoms with Gasteiger partial charge in [0.15, 0.2) is 0 Å². The highest BCUT2D eigenvalue weighted by Gasteiger charge is 2.15. The second-order valence-corrected chi connectivity index (χ2v) is 9.53. The topological polar surface area (TPSA) is 30.7 Å². The largest absolute Gasteiger partial charge is 0.292 e. The first-order valence-corrected chi connectivity index (χ1v) is 13.1. The summed E-state index contributed by atoms with van der Waals surface area (Å²) in [7, 11) is 0. The summed E-state index contributed by atoms with van der Waals surface area (Å²) in [6, 6.07) is 52.5. The molecule has 5 aromatic carbocycles. The van der Waals surface area contributed by atoms with E-state index < -0.39 is 0 Å². The van der Waals surface area contributed by atoms with Gasteiger partial charge in [-0.15, -0.1) is 0 Å². The van der Waals surface area contributed by atoms with Crippen molar-refractivity contribution in [1.82, 2.24) is 14.5 Å². The minimum Gasteiger partial charge on any atom is -0.292 e. The van der Waals surface area contributed by atoms with Gasteiger partial charge in [-0.2, -0.15) is 0 Å². The number of rotatable bonds is 5. The number of pyridine rings is 1. The van der Waals surface area contributed by atoms with Gasteiger partial charge in [-0.05, 0) is 47.5 Å². The Bertz CT molecular complexity index is 1810. The molecule has 0 saturated carbocycles. The number of para-hydroxylation sites is 2. The first-order valence-electron chi connectivity index (χ1n) is 13.1. The quantitative estimate of drug-likeness (QED) is 0.236. The lowest BCUT2D eigenvalue weighted by Crippen LogP contribution is -1.97. The van der Waals surface area contributed by atoms with Crippen molar-refractivity contribution in [3.05, 3.63) is 152 Å². The molecule has 0 aliphatic heterocycles. The van der Waals surface area contributed by atoms with Crippen LogP contribution in [0.4, 0.5) is 0 Å². The van der Waals surface area contributed by atoms with Crippen molar-refractivity contribution in [3.63, 3.8) is 0 Å². The van der Waals surface area contributed by atoms with Crippen LogP contribution in [0.5, 0.6) is 0 Å². The molecule has 0 fully saturated rings. The van der Waals surface area contributed by atoms with Crippen LogP contribution in [0.25, 0.3) is 61.8 Å². The maximum atomic E-state index is 5.02. The predicted molar refractivity (Wildman–Crippen MR) is 161 cm³/mol. The van der Waals surface area contributed by atoms with Crippen LogP contribution in [0, 0.1) is 0 Å². The van der Waals surface area contributed by atoms with Crippen LogP contribution in [0.3, 0.4) is 0 Å². The first-order chi connectivity index (χ1) is 19.3. The van der Waals surface area contributed by atoms with Gasteiger partial charge in [-0.25, -0.2) is 9.97 Å². The molecule has 0 amide bonds. The molecule has 0 unspecified atom stereocenters. The average molecular weight is 500 g/mol. The molecule has 2 aromatic heterocycles. The molecule has 0 radical (unpaired) electrons. The molecule has 0 N–H and O–H groups in total. The van der Waals surface area contributed by atoms with Gasteiger partial charge in [-0.3, -0.25) is 4.57 Å². The van der Waals surface area contributed by atoms with Gasteiger partial charge < -0.3 is 0 Å². The lowest BCUT2D eigenvalue weighted by molar-refractivity contribution is 1.10. The van der Waals surface area contributed by atoms with Gasteiger partial charge in [0.05, 0.1) is 22.4 Å². The summed E-state index contributed by atoms with van der Waals surface area (Å²) in [4.78, 5) is 10.0. The van der Waals surface area contributed by atoms with E-state index in [-0.39, 0.29) is 0 Å². The Kier molecular flexibility index (Phi) is 5.80. The van der Waals surface area contributed by atoms with E-state index >= 15 is 0 Å². The molecule has 0 aliphatic carbocycles. The molecule has 0 bridgehead atoms. The average Bonchev–Trinajstić information content (AvgIpc) is 3.42. The normalized spacial score (nSPS) is 11.1. The Morgan fingerprint density at radius 1 is 0.385 bits per heavy atom. The van der Waals surface area contributed by atoms with Crippen molar-refractivity contribution in [2.45, 2.75) is 0 Å². The van der Waals surface area contributed by atoms with E-state index in [0.717, 1.165) is 61.8 Å². The van der Waals surface area contributed by atoms with Crippen LogP contribution >= 0.6 is 0 Å². The highest BCUT2D eigenvalue weighted by atomic mass is 15.1. The molecule has 39 heavy (non-hydrogen) atoms. The van der Waals surface area contributed by atoms with Gasteiger partial charge >= 0.3 is 0 Å². The Morgan fingerprint density at radius 2 is 0.897 bits per heavy atom. The number of aromatic nitrogens is 3. The number of benzene rings is 5. The zero-order valence-electron chi connectivity index (χ0n) is 21.3. The van der Waals surface area contributed by atoms with Gasteiger partial charge in [0.1, 0.15) is 5.82 Å². The van der Waals surface area contributed by atoms with E-state index in [1.807, 2.05) is 24.3 Å². The van der Waals surface area contributed by atoms with Crippen LogP contribution in [0.2, 0.25) is 0 Å². The second-order valence-electron chi connectivity index (χ2n) is 9.53. The van der Waals surface area contributed by atoms with Crippen LogP contribution < -0.4 is 0 Å². The molecular weight excluding hydrogens is 474 g/mol. The van der Waals surface area contributed by atoms with Crippen LogP contribution in [0.15, 0.2) is 152 Å². The smallest absolute Gasteiger partial charge is 0.145 e. The summed E-state index contributed by atoms with van der Waals surface area (Å²) in [5.74, 6) is 0.936. The summed E-state index contributed by atoms with van der Waals surface area (Å²) in [6.45, 7) is 0. The Balaban J connectivity index is 1.35. The fourth-order valence-corrected chi connectivity index (χ4v) is 5.08. The molecule has 7 rings (SSSR count). The number of hydrogen-bond donors (Lipinski definition) is 0. The number of fused-ring (bicyclic) bond motifs is 1. The van der Waals surface area contributed by atoms with Crippen LogP contribution in [-0.2, 0) is 0 Å². The molecule has 2 heterocycles. The molecule has 0 atom stereocenters. The Labute approximate surface area is 227 Å². The van der Waals surface area contributed by atoms with Crippen LogP contribution in [-0.4, -0.2) is 14.5 Å². The third-order valence-electron chi connectivity index (χ3n) is 7.02. The molecule has 3 heteroatoms. The van der Waals surface area contributed by atoms with E-state index in [1.54, 1.807) is 0 Å². The molecule has 3 nitrogen and oxygen atoms in total. The Morgan fingerprint density at radius 3 is 1.49 bits per heavy atom. The SMILES string of the molecule is c1ccc(-c2cc(-c3ccc(-n4c(-c5ccccc5)nc5ccccc54)cc3)cc(-c3ccccc3)n2)cc1. The molecule has 0 saturated heterocycles. The van der Waals surface area contributed by atoms with Crippen molar-refractivity contribution in [1.29, 1.82) is 0 Å². The summed E-state index contributed by atoms with van der Waals surface area (Å²) in [5.41, 5.74) is 10.6. The van der Waals surface area contributed by atoms with Crippen molar-refractivity contribution in [3.8, 4) is 50.7 Å². The third kappa shape index (κ3) is 4.41. The maximum absolute atomic E-state index is 5.02. The minimum absolute atomic E-state index is 0.936. The van der Waals surface area contributed by atoms with Crippen molar-refractivity contribution >= 4 is 11.0 Å². The fraction of sp³-hybridized carbons (Fsp3) is 0. The van der Waals surface area contributed by atoms with E-state index in [2.05, 4.69) is 132 Å². The zero-order valence-corrected chi connectivity index (χ0v) is 21.3. The third-order valence-corrected chi connectivity index (χ3v) is 7.02. The summed E-state index contributed by atoms with van der Waals surface area (Å²) in [6.07, 6.45) is 0. The standard InChI is InChI=1S/C36H25N3/c1-4-12-27(13-5-1)33-24-30(25-34(37-33)28-14-6-2-7-15-28)26-20-22-31(23-21-26)39-35-19-11-10-18-32(35)38-36(39)29-16-8-3-9-17-29/h1-25H. The summed E-state index contributed by atoms with van der Waals surface area (Å²) in [5, 5.41) is 0. The van der Waals surface area contributed by atoms with Crippen molar-refractivity contribution in [2.75, 3.05) is 0 Å². The minimum atomic E-state index is 0.936. The molecule has 0 aliphatic rings. The Hall–Kier alpha value is -5.28. The molecule has 184 valence electrons. The highest BCUT2D eigenvalue weighted by molar-refractivity contribution is 5.84. The lowest BCUT2D eigenvalue weighted by Gasteiger charge is -2.13. The number of imidazole rings is 1. The number of hydrogen-bond acceptors (Lipinski definition) is 2. The number of nitrogens with zero attached hydrogens (tertiary/aromatic N) is 3. The predicted octanol–water partition coefficient (Wildman–Crippen LogP) is 9.09. The highest BCUT2D eigenvalue weighted by Crippen LogP contribution is 2.33. The van der Waals surface area contributed by atoms with Gasteiger partial charge in [0, 0.05) is 22.4 Å². The first kappa shape index (κ1) is 22.9. The molecule has 0 spiro atoms. The van der Waals surface area contributed by atoms with E-state index in [9.17, 15) is 0 Å². The van der Waals surface area contributed by atoms with Gasteiger partial charge in [0.2, 0.25) is 0 Å². The summed E-state index contributed by atoms with van der Waals surface area (Å²) < 4.78 is 2.24. The zero-order chi connectivity index (χ0) is 26.0. The fourth-order valence-electron chi connectivity index (χ4n) is 5.08. The maximum Gasteiger partial charge on any atom is 0.145 e. The lowest BCUT2D eigenvalue weighted by atomic mass is 10.00. The van der Waals surface area contributed by atoms with E-state index in [1.165, 1.54) is 0 Å². The monoisotopic (exact) mass is 499 g/mol. The molecular formula is C36H25N3. The van der Waals surface area contributed by atoms with Gasteiger partial charge in [0.25, 0.3) is 0 Å². The van der Waals surface area contributed by atoms with E-state index in [0.29, 0.717) is 0 Å². The van der Waals surface area contributed by atoms with Crippen LogP contribution in [0.1, 0.15) is 0 Å². The second kappa shape index (κ2) is 9.88. The van der Waals surface area contributed by atoms with E-state index in [4.69, 9.17) is 9.97 Å². The summed E-state index contributed by atoms with van der Waals surface area (Å²) >= 11 is 0. The van der Waals surface area contributed by atoms with Crippen molar-refractivity contribution in [2.24, 2.45) is 0 Å². The van der Waals surface area contributed by atoms with Crippen molar-refractivity contribution < 1.29 is 0 Å².